The first kappa shape index (κ1) is 20.2. The second-order valence-electron chi connectivity index (χ2n) is 6.78. The molecule has 0 atom stereocenters. The normalized spacial score (nSPS) is 11.7. The number of allylic oxidation sites excluding steroid dienone is 1. The lowest BCUT2D eigenvalue weighted by Crippen LogP contribution is -2.31. The van der Waals surface area contributed by atoms with Gasteiger partial charge in [-0.2, -0.15) is 0 Å². The molecule has 158 valence electrons. The van der Waals surface area contributed by atoms with Gasteiger partial charge in [-0.25, -0.2) is 19.9 Å². The van der Waals surface area contributed by atoms with Gasteiger partial charge < -0.3 is 19.7 Å². The molecule has 10 heteroatoms. The van der Waals surface area contributed by atoms with Gasteiger partial charge in [0.25, 0.3) is 0 Å². The predicted molar refractivity (Wildman–Crippen MR) is 115 cm³/mol. The Labute approximate surface area is 179 Å². The van der Waals surface area contributed by atoms with Crippen LogP contribution in [-0.4, -0.2) is 58.6 Å². The van der Waals surface area contributed by atoms with Gasteiger partial charge >= 0.3 is 6.01 Å². The van der Waals surface area contributed by atoms with Crippen LogP contribution in [-0.2, 0) is 11.2 Å². The van der Waals surface area contributed by atoms with Gasteiger partial charge in [0.1, 0.15) is 17.3 Å². The van der Waals surface area contributed by atoms with Crippen molar-refractivity contribution in [1.29, 1.82) is 0 Å². The first-order valence-electron chi connectivity index (χ1n) is 9.52. The van der Waals surface area contributed by atoms with E-state index in [1.54, 1.807) is 30.3 Å². The number of carbonyl (C=O) groups is 1. The highest BCUT2D eigenvalue weighted by Gasteiger charge is 2.21. The number of nitrogens with one attached hydrogen (secondary N) is 1. The summed E-state index contributed by atoms with van der Waals surface area (Å²) in [4.78, 5) is 36.0. The summed E-state index contributed by atoms with van der Waals surface area (Å²) >= 11 is 0. The molecule has 0 saturated carbocycles. The van der Waals surface area contributed by atoms with Crippen LogP contribution >= 0.6 is 0 Å². The number of likely N-dealkylation sites (N-methyl/N-ethyl adjacent to an activating group) is 1. The summed E-state index contributed by atoms with van der Waals surface area (Å²) in [5, 5.41) is 2.77. The Balaban J connectivity index is 1.56. The van der Waals surface area contributed by atoms with Gasteiger partial charge in [0.15, 0.2) is 5.82 Å². The van der Waals surface area contributed by atoms with Crippen molar-refractivity contribution in [2.75, 3.05) is 38.0 Å². The van der Waals surface area contributed by atoms with Crippen molar-refractivity contribution in [3.8, 4) is 23.3 Å². The summed E-state index contributed by atoms with van der Waals surface area (Å²) in [5.41, 5.74) is 2.86. The second kappa shape index (κ2) is 8.74. The van der Waals surface area contributed by atoms with Crippen LogP contribution in [0.2, 0.25) is 0 Å². The van der Waals surface area contributed by atoms with Gasteiger partial charge in [-0.05, 0) is 18.6 Å². The molecule has 3 aromatic heterocycles. The summed E-state index contributed by atoms with van der Waals surface area (Å²) in [6.45, 7) is 0.0838. The molecule has 0 saturated heterocycles. The van der Waals surface area contributed by atoms with Crippen molar-refractivity contribution in [3.05, 3.63) is 48.1 Å². The fourth-order valence-corrected chi connectivity index (χ4v) is 3.18. The third kappa shape index (κ3) is 4.42. The van der Waals surface area contributed by atoms with Crippen LogP contribution in [0.3, 0.4) is 0 Å². The van der Waals surface area contributed by atoms with E-state index in [2.05, 4.69) is 25.3 Å². The first-order valence-corrected chi connectivity index (χ1v) is 9.52. The Bertz CT molecular complexity index is 1130. The maximum Gasteiger partial charge on any atom is 0.316 e. The third-order valence-corrected chi connectivity index (χ3v) is 4.65. The number of aromatic nitrogens is 5. The van der Waals surface area contributed by atoms with E-state index in [9.17, 15) is 4.79 Å². The summed E-state index contributed by atoms with van der Waals surface area (Å²) < 4.78 is 10.2. The van der Waals surface area contributed by atoms with Crippen LogP contribution in [0.4, 0.5) is 11.5 Å². The molecule has 0 spiro atoms. The van der Waals surface area contributed by atoms with Crippen LogP contribution in [0.1, 0.15) is 11.3 Å². The standard InChI is InChI=1S/C21H21N7O3/c1-28(12-18(29)25-13-10-23-21(31-3)24-11-13)20-15-5-4-6-16(15)26-19(27-20)17-9-14(30-2)7-8-22-17/h4,6-11H,5,12H2,1-3H3,(H,25,29). The highest BCUT2D eigenvalue weighted by atomic mass is 16.5. The number of fused-ring (bicyclic) bond motifs is 1. The molecule has 1 aliphatic rings. The second-order valence-corrected chi connectivity index (χ2v) is 6.78. The molecule has 31 heavy (non-hydrogen) atoms. The van der Waals surface area contributed by atoms with E-state index in [1.807, 2.05) is 19.2 Å². The van der Waals surface area contributed by atoms with Gasteiger partial charge in [0.2, 0.25) is 5.91 Å². The van der Waals surface area contributed by atoms with Gasteiger partial charge in [-0.15, -0.1) is 0 Å². The number of pyridine rings is 1. The number of rotatable bonds is 7. The topological polar surface area (TPSA) is 115 Å². The van der Waals surface area contributed by atoms with E-state index in [4.69, 9.17) is 14.5 Å². The molecule has 1 aliphatic carbocycles. The minimum Gasteiger partial charge on any atom is -0.497 e. The lowest BCUT2D eigenvalue weighted by atomic mass is 10.2. The molecule has 4 rings (SSSR count). The summed E-state index contributed by atoms with van der Waals surface area (Å²) in [6, 6.07) is 3.77. The molecule has 0 fully saturated rings. The quantitative estimate of drug-likeness (QED) is 0.614. The average Bonchev–Trinajstić information content (AvgIpc) is 3.27. The van der Waals surface area contributed by atoms with Crippen molar-refractivity contribution >= 4 is 23.5 Å². The van der Waals surface area contributed by atoms with Crippen LogP contribution in [0.15, 0.2) is 36.8 Å². The molecule has 1 amide bonds. The molecule has 3 aromatic rings. The van der Waals surface area contributed by atoms with E-state index in [0.29, 0.717) is 35.2 Å². The molecule has 3 heterocycles. The largest absolute Gasteiger partial charge is 0.497 e. The zero-order valence-corrected chi connectivity index (χ0v) is 17.4. The lowest BCUT2D eigenvalue weighted by Gasteiger charge is -2.21. The van der Waals surface area contributed by atoms with Crippen molar-refractivity contribution in [2.24, 2.45) is 0 Å². The summed E-state index contributed by atoms with van der Waals surface area (Å²) in [6.07, 6.45) is 9.30. The average molecular weight is 419 g/mol. The molecule has 0 bridgehead atoms. The zero-order chi connectivity index (χ0) is 21.8. The van der Waals surface area contributed by atoms with Crippen LogP contribution in [0, 0.1) is 0 Å². The highest BCUT2D eigenvalue weighted by Crippen LogP contribution is 2.29. The van der Waals surface area contributed by atoms with Gasteiger partial charge in [-0.3, -0.25) is 9.78 Å². The summed E-state index contributed by atoms with van der Waals surface area (Å²) in [7, 11) is 4.89. The molecule has 10 nitrogen and oxygen atoms in total. The van der Waals surface area contributed by atoms with Crippen LogP contribution < -0.4 is 19.7 Å². The fraction of sp³-hybridized carbons (Fsp3) is 0.238. The lowest BCUT2D eigenvalue weighted by molar-refractivity contribution is -0.114. The monoisotopic (exact) mass is 419 g/mol. The Morgan fingerprint density at radius 3 is 2.71 bits per heavy atom. The minimum absolute atomic E-state index is 0.0838. The van der Waals surface area contributed by atoms with Gasteiger partial charge in [0.05, 0.1) is 44.5 Å². The summed E-state index contributed by atoms with van der Waals surface area (Å²) in [5.74, 6) is 1.59. The van der Waals surface area contributed by atoms with E-state index in [0.717, 1.165) is 11.3 Å². The molecule has 0 aliphatic heterocycles. The zero-order valence-electron chi connectivity index (χ0n) is 17.4. The number of hydrogen-bond donors (Lipinski definition) is 1. The van der Waals surface area contributed by atoms with E-state index < -0.39 is 0 Å². The molecular formula is C21H21N7O3. The molecular weight excluding hydrogens is 398 g/mol. The van der Waals surface area contributed by atoms with Gasteiger partial charge in [0, 0.05) is 24.9 Å². The van der Waals surface area contributed by atoms with E-state index >= 15 is 0 Å². The number of carbonyl (C=O) groups excluding carboxylic acids is 1. The van der Waals surface area contributed by atoms with Crippen LogP contribution in [0.5, 0.6) is 11.8 Å². The van der Waals surface area contributed by atoms with Crippen molar-refractivity contribution in [2.45, 2.75) is 6.42 Å². The smallest absolute Gasteiger partial charge is 0.316 e. The fourth-order valence-electron chi connectivity index (χ4n) is 3.18. The Morgan fingerprint density at radius 2 is 1.97 bits per heavy atom. The van der Waals surface area contributed by atoms with Gasteiger partial charge in [-0.1, -0.05) is 6.08 Å². The SMILES string of the molecule is COc1ccnc(-c2nc3c(c(N(C)CC(=O)Nc4cnc(OC)nc4)n2)CC=C3)c1. The molecule has 0 unspecified atom stereocenters. The Morgan fingerprint density at radius 1 is 1.16 bits per heavy atom. The molecule has 0 radical (unpaired) electrons. The number of nitrogens with zero attached hydrogens (tertiary/aromatic N) is 6. The number of anilines is 2. The number of hydrogen-bond acceptors (Lipinski definition) is 9. The van der Waals surface area contributed by atoms with Crippen molar-refractivity contribution < 1.29 is 14.3 Å². The van der Waals surface area contributed by atoms with E-state index in [-0.39, 0.29) is 18.5 Å². The maximum atomic E-state index is 12.6. The molecule has 1 N–H and O–H groups in total. The Kier molecular flexibility index (Phi) is 5.69. The van der Waals surface area contributed by atoms with Crippen molar-refractivity contribution in [3.63, 3.8) is 0 Å². The number of ether oxygens (including phenoxy) is 2. The predicted octanol–water partition coefficient (Wildman–Crippen LogP) is 1.99. The Hall–Kier alpha value is -4.08. The number of amides is 1. The minimum atomic E-state index is -0.226. The van der Waals surface area contributed by atoms with Crippen LogP contribution in [0.25, 0.3) is 17.6 Å². The third-order valence-electron chi connectivity index (χ3n) is 4.65. The molecule has 0 aromatic carbocycles. The number of methoxy groups -OCH3 is 2. The first-order chi connectivity index (χ1) is 15.1. The highest BCUT2D eigenvalue weighted by molar-refractivity contribution is 5.93. The maximum absolute atomic E-state index is 12.6. The van der Waals surface area contributed by atoms with Crippen molar-refractivity contribution in [1.82, 2.24) is 24.9 Å². The van der Waals surface area contributed by atoms with E-state index in [1.165, 1.54) is 19.5 Å².